The Hall–Kier alpha value is -2.94. The molecule has 3 aliphatic rings. The molecule has 1 aliphatic carbocycles. The van der Waals surface area contributed by atoms with Crippen LogP contribution in [0, 0.1) is 11.3 Å². The fourth-order valence-corrected chi connectivity index (χ4v) is 7.53. The van der Waals surface area contributed by atoms with Crippen molar-refractivity contribution in [1.29, 1.82) is 0 Å². The molecule has 230 valence electrons. The smallest absolute Gasteiger partial charge is 0.245 e. The summed E-state index contributed by atoms with van der Waals surface area (Å²) >= 11 is 6.14. The molecule has 2 atom stereocenters. The molecule has 6 rings (SSSR count). The van der Waals surface area contributed by atoms with Crippen molar-refractivity contribution < 1.29 is 9.59 Å². The summed E-state index contributed by atoms with van der Waals surface area (Å²) in [6.07, 6.45) is 12.7. The Labute approximate surface area is 265 Å². The van der Waals surface area contributed by atoms with Gasteiger partial charge in [-0.25, -0.2) is 4.98 Å². The molecule has 10 heteroatoms. The van der Waals surface area contributed by atoms with Crippen molar-refractivity contribution in [2.45, 2.75) is 83.0 Å². The molecule has 0 bridgehead atoms. The van der Waals surface area contributed by atoms with Gasteiger partial charge in [0.1, 0.15) is 18.7 Å². The summed E-state index contributed by atoms with van der Waals surface area (Å²) < 4.78 is 1.98. The van der Waals surface area contributed by atoms with Crippen molar-refractivity contribution in [3.63, 3.8) is 0 Å². The molecule has 2 aliphatic heterocycles. The number of likely N-dealkylation sites (tertiary alicyclic amines) is 1. The zero-order valence-electron chi connectivity index (χ0n) is 24.6. The maximum atomic E-state index is 14.1. The molecule has 0 spiro atoms. The summed E-state index contributed by atoms with van der Waals surface area (Å²) in [5.41, 5.74) is 3.48. The molecule has 3 aromatic rings. The Morgan fingerprint density at radius 3 is 2.44 bits per heavy atom. The maximum absolute atomic E-state index is 14.1. The number of piperidine rings is 1. The predicted molar refractivity (Wildman–Crippen MR) is 170 cm³/mol. The van der Waals surface area contributed by atoms with Gasteiger partial charge >= 0.3 is 0 Å². The number of nitrogens with zero attached hydrogens (tertiary/aromatic N) is 4. The SMILES string of the molecule is Cl.O=C(N[C@H](Cc1ccc(Cl)cc1)C(=O)N1CCC(Cn2cncn2)(C2CCCCC2)CC1)[C@H]1Cc2ccccc2CN1. The molecule has 0 unspecified atom stereocenters. The minimum atomic E-state index is -0.643. The molecular formula is C33H42Cl2N6O2. The highest BCUT2D eigenvalue weighted by Gasteiger charge is 2.44. The van der Waals surface area contributed by atoms with E-state index in [1.54, 1.807) is 6.33 Å². The number of rotatable bonds is 8. The Morgan fingerprint density at radius 1 is 1.02 bits per heavy atom. The van der Waals surface area contributed by atoms with Gasteiger partial charge in [0.2, 0.25) is 11.8 Å². The Bertz CT molecular complexity index is 1350. The van der Waals surface area contributed by atoms with Gasteiger partial charge in [-0.3, -0.25) is 14.3 Å². The average Bonchev–Trinajstić information content (AvgIpc) is 3.55. The second-order valence-corrected chi connectivity index (χ2v) is 12.9. The van der Waals surface area contributed by atoms with E-state index in [0.29, 0.717) is 43.4 Å². The highest BCUT2D eigenvalue weighted by atomic mass is 35.5. The quantitative estimate of drug-likeness (QED) is 0.369. The van der Waals surface area contributed by atoms with Gasteiger partial charge in [-0.1, -0.05) is 67.3 Å². The van der Waals surface area contributed by atoms with Gasteiger partial charge in [0.15, 0.2) is 0 Å². The van der Waals surface area contributed by atoms with Gasteiger partial charge in [-0.2, -0.15) is 5.10 Å². The first-order valence-electron chi connectivity index (χ1n) is 15.5. The van der Waals surface area contributed by atoms with Crippen LogP contribution in [0.5, 0.6) is 0 Å². The summed E-state index contributed by atoms with van der Waals surface area (Å²) in [6, 6.07) is 14.7. The van der Waals surface area contributed by atoms with Crippen molar-refractivity contribution in [2.75, 3.05) is 13.1 Å². The van der Waals surface area contributed by atoms with Crippen LogP contribution >= 0.6 is 24.0 Å². The second kappa shape index (κ2) is 14.2. The van der Waals surface area contributed by atoms with E-state index >= 15 is 0 Å². The van der Waals surface area contributed by atoms with E-state index in [4.69, 9.17) is 11.6 Å². The number of aromatic nitrogens is 3. The van der Waals surface area contributed by atoms with Crippen LogP contribution in [0.1, 0.15) is 61.6 Å². The van der Waals surface area contributed by atoms with Gasteiger partial charge in [0, 0.05) is 37.6 Å². The summed E-state index contributed by atoms with van der Waals surface area (Å²) in [6.45, 7) is 2.86. The standard InChI is InChI=1S/C33H41ClN6O2.ClH/c34-28-12-10-24(11-13-28)18-30(38-31(41)29-19-25-6-4-5-7-26(25)20-36-29)32(42)39-16-14-33(15-17-39,21-40-23-35-22-37-40)27-8-2-1-3-9-27;/h4-7,10-13,22-23,27,29-30,36H,1-3,8-9,14-21H2,(H,38,41);1H/t29-,30-;/m1./s1. The lowest BCUT2D eigenvalue weighted by Crippen LogP contribution is -2.57. The number of halogens is 2. The monoisotopic (exact) mass is 624 g/mol. The predicted octanol–water partition coefficient (Wildman–Crippen LogP) is 4.98. The number of nitrogens with one attached hydrogen (secondary N) is 2. The fourth-order valence-electron chi connectivity index (χ4n) is 7.41. The zero-order valence-corrected chi connectivity index (χ0v) is 26.2. The van der Waals surface area contributed by atoms with E-state index in [0.717, 1.165) is 24.9 Å². The van der Waals surface area contributed by atoms with E-state index in [9.17, 15) is 9.59 Å². The van der Waals surface area contributed by atoms with Crippen molar-refractivity contribution in [1.82, 2.24) is 30.3 Å². The highest BCUT2D eigenvalue weighted by Crippen LogP contribution is 2.47. The third-order valence-corrected chi connectivity index (χ3v) is 10.1. The van der Waals surface area contributed by atoms with E-state index < -0.39 is 6.04 Å². The van der Waals surface area contributed by atoms with Crippen molar-refractivity contribution >= 4 is 35.8 Å². The summed E-state index contributed by atoms with van der Waals surface area (Å²) in [5.74, 6) is 0.501. The molecule has 3 heterocycles. The first-order valence-corrected chi connectivity index (χ1v) is 15.8. The van der Waals surface area contributed by atoms with Crippen LogP contribution in [0.3, 0.4) is 0 Å². The Morgan fingerprint density at radius 2 is 1.74 bits per heavy atom. The normalized spacial score (nSPS) is 20.9. The van der Waals surface area contributed by atoms with Gasteiger partial charge < -0.3 is 15.5 Å². The topological polar surface area (TPSA) is 92.2 Å². The van der Waals surface area contributed by atoms with Crippen molar-refractivity contribution in [3.8, 4) is 0 Å². The number of carbonyl (C=O) groups is 2. The number of hydrogen-bond donors (Lipinski definition) is 2. The molecule has 2 amide bonds. The average molecular weight is 626 g/mol. The number of benzene rings is 2. The largest absolute Gasteiger partial charge is 0.343 e. The van der Waals surface area contributed by atoms with Crippen LogP contribution in [0.2, 0.25) is 5.02 Å². The number of fused-ring (bicyclic) bond motifs is 1. The Kier molecular flexibility index (Phi) is 10.4. The molecule has 0 radical (unpaired) electrons. The molecule has 2 fully saturated rings. The van der Waals surface area contributed by atoms with Gasteiger partial charge in [0.05, 0.1) is 6.04 Å². The molecular weight excluding hydrogens is 583 g/mol. The molecule has 1 saturated heterocycles. The van der Waals surface area contributed by atoms with E-state index in [1.807, 2.05) is 52.3 Å². The van der Waals surface area contributed by atoms with Crippen LogP contribution in [-0.2, 0) is 35.5 Å². The maximum Gasteiger partial charge on any atom is 0.245 e. The minimum Gasteiger partial charge on any atom is -0.343 e. The number of hydrogen-bond acceptors (Lipinski definition) is 5. The minimum absolute atomic E-state index is 0. The van der Waals surface area contributed by atoms with Crippen LogP contribution in [-0.4, -0.2) is 56.7 Å². The van der Waals surface area contributed by atoms with Gasteiger partial charge in [0.25, 0.3) is 0 Å². The van der Waals surface area contributed by atoms with E-state index in [2.05, 4.69) is 32.8 Å². The number of amides is 2. The summed E-state index contributed by atoms with van der Waals surface area (Å²) in [5, 5.41) is 11.6. The van der Waals surface area contributed by atoms with Gasteiger partial charge in [-0.15, -0.1) is 12.4 Å². The molecule has 1 aromatic heterocycles. The molecule has 43 heavy (non-hydrogen) atoms. The van der Waals surface area contributed by atoms with Crippen LogP contribution < -0.4 is 10.6 Å². The lowest BCUT2D eigenvalue weighted by atomic mass is 9.63. The summed E-state index contributed by atoms with van der Waals surface area (Å²) in [7, 11) is 0. The Balaban J connectivity index is 0.00000368. The summed E-state index contributed by atoms with van der Waals surface area (Å²) in [4.78, 5) is 33.9. The van der Waals surface area contributed by atoms with Crippen molar-refractivity contribution in [3.05, 3.63) is 82.9 Å². The third kappa shape index (κ3) is 7.41. The second-order valence-electron chi connectivity index (χ2n) is 12.4. The third-order valence-electron chi connectivity index (χ3n) is 9.85. The highest BCUT2D eigenvalue weighted by molar-refractivity contribution is 6.30. The van der Waals surface area contributed by atoms with E-state index in [1.165, 1.54) is 43.2 Å². The van der Waals surface area contributed by atoms with Gasteiger partial charge in [-0.05, 0) is 72.3 Å². The molecule has 8 nitrogen and oxygen atoms in total. The van der Waals surface area contributed by atoms with Crippen molar-refractivity contribution in [2.24, 2.45) is 11.3 Å². The molecule has 2 N–H and O–H groups in total. The lowest BCUT2D eigenvalue weighted by molar-refractivity contribution is -0.140. The van der Waals surface area contributed by atoms with Crippen LogP contribution in [0.25, 0.3) is 0 Å². The zero-order chi connectivity index (χ0) is 28.9. The van der Waals surface area contributed by atoms with Crippen LogP contribution in [0.4, 0.5) is 0 Å². The molecule has 2 aromatic carbocycles. The fraction of sp³-hybridized carbons (Fsp3) is 0.515. The van der Waals surface area contributed by atoms with Crippen LogP contribution in [0.15, 0.2) is 61.2 Å². The van der Waals surface area contributed by atoms with E-state index in [-0.39, 0.29) is 35.7 Å². The molecule has 1 saturated carbocycles. The first kappa shape index (κ1) is 31.5. The number of carbonyl (C=O) groups excluding carboxylic acids is 2. The first-order chi connectivity index (χ1) is 20.5. The lowest BCUT2D eigenvalue weighted by Gasteiger charge is -2.48.